The van der Waals surface area contributed by atoms with Gasteiger partial charge in [-0.05, 0) is 44.2 Å². The minimum Gasteiger partial charge on any atom is -0.494 e. The molecule has 0 spiro atoms. The maximum Gasteiger partial charge on any atom is 0.309 e. The Labute approximate surface area is 116 Å². The van der Waals surface area contributed by atoms with Gasteiger partial charge in [-0.3, -0.25) is 4.79 Å². The number of carboxylic acid groups (broad SMARTS) is 1. The molecule has 5 heteroatoms. The number of thioether (sulfide) groups is 1. The van der Waals surface area contributed by atoms with Crippen LogP contribution in [0.1, 0.15) is 19.4 Å². The molecule has 0 aliphatic rings. The van der Waals surface area contributed by atoms with Crippen LogP contribution in [0.2, 0.25) is 5.02 Å². The van der Waals surface area contributed by atoms with Crippen molar-refractivity contribution in [3.05, 3.63) is 22.7 Å². The summed E-state index contributed by atoms with van der Waals surface area (Å²) in [7, 11) is 1.57. The van der Waals surface area contributed by atoms with Crippen molar-refractivity contribution >= 4 is 29.3 Å². The summed E-state index contributed by atoms with van der Waals surface area (Å²) in [5.74, 6) is -0.179. The molecule has 0 atom stereocenters. The second kappa shape index (κ2) is 5.85. The van der Waals surface area contributed by atoms with E-state index in [9.17, 15) is 4.79 Å². The van der Waals surface area contributed by atoms with Gasteiger partial charge in [-0.2, -0.15) is 0 Å². The quantitative estimate of drug-likeness (QED) is 0.839. The number of aliphatic carboxylic acids is 1. The predicted octanol–water partition coefficient (Wildman–Crippen LogP) is 3.72. The van der Waals surface area contributed by atoms with Crippen LogP contribution >= 0.6 is 23.4 Å². The fourth-order valence-corrected chi connectivity index (χ4v) is 2.68. The third kappa shape index (κ3) is 3.33. The highest BCUT2D eigenvalue weighted by atomic mass is 35.5. The van der Waals surface area contributed by atoms with Crippen LogP contribution in [0, 0.1) is 5.41 Å². The van der Waals surface area contributed by atoms with Gasteiger partial charge in [-0.25, -0.2) is 0 Å². The van der Waals surface area contributed by atoms with Gasteiger partial charge in [-0.15, -0.1) is 11.8 Å². The molecule has 18 heavy (non-hydrogen) atoms. The summed E-state index contributed by atoms with van der Waals surface area (Å²) < 4.78 is 5.23. The molecular formula is C13H17ClO3S. The molecule has 0 bridgehead atoms. The van der Waals surface area contributed by atoms with Gasteiger partial charge in [-0.1, -0.05) is 11.6 Å². The van der Waals surface area contributed by atoms with Gasteiger partial charge in [0, 0.05) is 0 Å². The van der Waals surface area contributed by atoms with Crippen molar-refractivity contribution in [3.8, 4) is 5.75 Å². The lowest BCUT2D eigenvalue weighted by Gasteiger charge is -2.20. The predicted molar refractivity (Wildman–Crippen MR) is 74.9 cm³/mol. The number of hydrogen-bond acceptors (Lipinski definition) is 3. The Morgan fingerprint density at radius 2 is 2.11 bits per heavy atom. The van der Waals surface area contributed by atoms with Crippen LogP contribution in [0.15, 0.2) is 17.0 Å². The van der Waals surface area contributed by atoms with Crippen molar-refractivity contribution < 1.29 is 14.6 Å². The van der Waals surface area contributed by atoms with Gasteiger partial charge in [0.2, 0.25) is 0 Å². The van der Waals surface area contributed by atoms with Gasteiger partial charge >= 0.3 is 5.97 Å². The van der Waals surface area contributed by atoms with Crippen molar-refractivity contribution in [2.45, 2.75) is 25.2 Å². The molecular weight excluding hydrogens is 272 g/mol. The highest BCUT2D eigenvalue weighted by Gasteiger charge is 2.28. The SMILES string of the molecule is COc1c(Cl)cc(CC(C)(C)C(=O)O)cc1SC. The van der Waals surface area contributed by atoms with E-state index in [0.717, 1.165) is 10.5 Å². The van der Waals surface area contributed by atoms with E-state index in [4.69, 9.17) is 21.4 Å². The third-order valence-corrected chi connectivity index (χ3v) is 3.74. The zero-order valence-electron chi connectivity index (χ0n) is 10.9. The molecule has 0 saturated carbocycles. The lowest BCUT2D eigenvalue weighted by Crippen LogP contribution is -2.26. The summed E-state index contributed by atoms with van der Waals surface area (Å²) in [5, 5.41) is 9.65. The van der Waals surface area contributed by atoms with E-state index >= 15 is 0 Å². The minimum atomic E-state index is -0.819. The third-order valence-electron chi connectivity index (χ3n) is 2.72. The average molecular weight is 289 g/mol. The van der Waals surface area contributed by atoms with Crippen LogP contribution in [0.25, 0.3) is 0 Å². The van der Waals surface area contributed by atoms with Crippen molar-refractivity contribution in [1.82, 2.24) is 0 Å². The number of carboxylic acids is 1. The van der Waals surface area contributed by atoms with Gasteiger partial charge in [0.1, 0.15) is 0 Å². The van der Waals surface area contributed by atoms with Crippen LogP contribution in [-0.4, -0.2) is 24.4 Å². The van der Waals surface area contributed by atoms with Gasteiger partial charge in [0.25, 0.3) is 0 Å². The second-order valence-corrected chi connectivity index (χ2v) is 5.93. The topological polar surface area (TPSA) is 46.5 Å². The molecule has 0 saturated heterocycles. The summed E-state index contributed by atoms with van der Waals surface area (Å²) in [6, 6.07) is 3.70. The number of rotatable bonds is 5. The first-order valence-corrected chi connectivity index (χ1v) is 7.06. The molecule has 0 heterocycles. The molecule has 0 unspecified atom stereocenters. The number of hydrogen-bond donors (Lipinski definition) is 1. The molecule has 0 aliphatic heterocycles. The molecule has 0 fully saturated rings. The van der Waals surface area contributed by atoms with Crippen LogP contribution in [-0.2, 0) is 11.2 Å². The summed E-state index contributed by atoms with van der Waals surface area (Å²) in [4.78, 5) is 12.0. The van der Waals surface area contributed by atoms with E-state index in [-0.39, 0.29) is 0 Å². The highest BCUT2D eigenvalue weighted by Crippen LogP contribution is 2.37. The Morgan fingerprint density at radius 3 is 2.56 bits per heavy atom. The van der Waals surface area contributed by atoms with Gasteiger partial charge < -0.3 is 9.84 Å². The summed E-state index contributed by atoms with van der Waals surface area (Å²) in [5.41, 5.74) is 0.0886. The van der Waals surface area contributed by atoms with E-state index in [1.807, 2.05) is 12.3 Å². The standard InChI is InChI=1S/C13H17ClO3S/c1-13(2,12(15)16)7-8-5-9(14)11(17-3)10(6-8)18-4/h5-6H,7H2,1-4H3,(H,15,16). The van der Waals surface area contributed by atoms with Crippen molar-refractivity contribution in [3.63, 3.8) is 0 Å². The maximum absolute atomic E-state index is 11.1. The Bertz CT molecular complexity index is 458. The average Bonchev–Trinajstić information content (AvgIpc) is 2.27. The molecule has 0 aromatic heterocycles. The molecule has 100 valence electrons. The number of benzene rings is 1. The summed E-state index contributed by atoms with van der Waals surface area (Å²) in [6.07, 6.45) is 2.36. The smallest absolute Gasteiger partial charge is 0.309 e. The molecule has 1 aromatic carbocycles. The van der Waals surface area contributed by atoms with E-state index in [1.165, 1.54) is 11.8 Å². The molecule has 0 radical (unpaired) electrons. The number of ether oxygens (including phenoxy) is 1. The van der Waals surface area contributed by atoms with Crippen molar-refractivity contribution in [2.75, 3.05) is 13.4 Å². The van der Waals surface area contributed by atoms with Crippen molar-refractivity contribution in [1.29, 1.82) is 0 Å². The minimum absolute atomic E-state index is 0.430. The fourth-order valence-electron chi connectivity index (χ4n) is 1.66. The van der Waals surface area contributed by atoms with Gasteiger partial charge in [0.05, 0.1) is 22.4 Å². The summed E-state index contributed by atoms with van der Waals surface area (Å²) in [6.45, 7) is 3.40. The number of halogens is 1. The first kappa shape index (κ1) is 15.2. The zero-order chi connectivity index (χ0) is 13.9. The molecule has 0 aliphatic carbocycles. The zero-order valence-corrected chi connectivity index (χ0v) is 12.5. The van der Waals surface area contributed by atoms with Crippen LogP contribution < -0.4 is 4.74 Å². The fraction of sp³-hybridized carbons (Fsp3) is 0.462. The monoisotopic (exact) mass is 288 g/mol. The summed E-state index contributed by atoms with van der Waals surface area (Å²) >= 11 is 7.66. The highest BCUT2D eigenvalue weighted by molar-refractivity contribution is 7.98. The molecule has 0 amide bonds. The first-order chi connectivity index (χ1) is 8.31. The lowest BCUT2D eigenvalue weighted by molar-refractivity contribution is -0.146. The Morgan fingerprint density at radius 1 is 1.50 bits per heavy atom. The van der Waals surface area contributed by atoms with Crippen LogP contribution in [0.3, 0.4) is 0 Å². The molecule has 3 nitrogen and oxygen atoms in total. The first-order valence-electron chi connectivity index (χ1n) is 5.45. The molecule has 1 rings (SSSR count). The van der Waals surface area contributed by atoms with Crippen LogP contribution in [0.4, 0.5) is 0 Å². The number of methoxy groups -OCH3 is 1. The van der Waals surface area contributed by atoms with E-state index in [0.29, 0.717) is 17.2 Å². The van der Waals surface area contributed by atoms with Crippen molar-refractivity contribution in [2.24, 2.45) is 5.41 Å². The Kier molecular flexibility index (Phi) is 4.93. The van der Waals surface area contributed by atoms with Crippen LogP contribution in [0.5, 0.6) is 5.75 Å². The van der Waals surface area contributed by atoms with Gasteiger partial charge in [0.15, 0.2) is 5.75 Å². The number of carbonyl (C=O) groups is 1. The molecule has 1 aromatic rings. The molecule has 1 N–H and O–H groups in total. The Balaban J connectivity index is 3.13. The van der Waals surface area contributed by atoms with E-state index in [1.54, 1.807) is 27.0 Å². The normalized spacial score (nSPS) is 11.4. The second-order valence-electron chi connectivity index (χ2n) is 4.68. The largest absolute Gasteiger partial charge is 0.494 e. The van der Waals surface area contributed by atoms with E-state index in [2.05, 4.69) is 0 Å². The maximum atomic E-state index is 11.1. The lowest BCUT2D eigenvalue weighted by atomic mass is 9.86. The van der Waals surface area contributed by atoms with E-state index < -0.39 is 11.4 Å². The Hall–Kier alpha value is -0.870.